The Bertz CT molecular complexity index is 443. The lowest BCUT2D eigenvalue weighted by Crippen LogP contribution is -2.28. The molecule has 5 heteroatoms. The molecular formula is C10H8BrNO2S. The zero-order valence-electron chi connectivity index (χ0n) is 7.75. The van der Waals surface area contributed by atoms with Gasteiger partial charge < -0.3 is 9.50 Å². The smallest absolute Gasteiger partial charge is 0.247 e. The average Bonchev–Trinajstić information content (AvgIpc) is 2.78. The van der Waals surface area contributed by atoms with Crippen LogP contribution in [0.25, 0.3) is 0 Å². The van der Waals surface area contributed by atoms with E-state index in [-0.39, 0.29) is 5.91 Å². The highest BCUT2D eigenvalue weighted by Crippen LogP contribution is 2.52. The molecule has 78 valence electrons. The molecule has 1 saturated heterocycles. The number of fused-ring (bicyclic) bond motifs is 2. The Morgan fingerprint density at radius 2 is 2.40 bits per heavy atom. The van der Waals surface area contributed by atoms with Gasteiger partial charge in [-0.2, -0.15) is 0 Å². The van der Waals surface area contributed by atoms with E-state index in [2.05, 4.69) is 21.2 Å². The Morgan fingerprint density at radius 3 is 3.13 bits per heavy atom. The molecule has 1 atom stereocenters. The number of anilines is 1. The zero-order valence-corrected chi connectivity index (χ0v) is 10.2. The summed E-state index contributed by atoms with van der Waals surface area (Å²) in [5, 5.41) is 2.90. The molecule has 1 N–H and O–H groups in total. The number of rotatable bonds is 0. The monoisotopic (exact) mass is 285 g/mol. The van der Waals surface area contributed by atoms with Crippen LogP contribution in [0.15, 0.2) is 22.7 Å². The van der Waals surface area contributed by atoms with E-state index in [1.807, 2.05) is 18.2 Å². The molecule has 0 saturated carbocycles. The van der Waals surface area contributed by atoms with Gasteiger partial charge in [-0.25, -0.2) is 0 Å². The number of carbonyl (C=O) groups is 1. The second-order valence-electron chi connectivity index (χ2n) is 3.63. The minimum absolute atomic E-state index is 0.0399. The second-order valence-corrected chi connectivity index (χ2v) is 5.64. The lowest BCUT2D eigenvalue weighted by molar-refractivity contribution is -0.118. The van der Waals surface area contributed by atoms with Crippen LogP contribution in [-0.2, 0) is 13.7 Å². The molecule has 2 aliphatic heterocycles. The number of benzene rings is 1. The summed E-state index contributed by atoms with van der Waals surface area (Å²) >= 11 is 4.71. The fraction of sp³-hybridized carbons (Fsp3) is 0.300. The van der Waals surface area contributed by atoms with E-state index in [1.54, 1.807) is 0 Å². The van der Waals surface area contributed by atoms with Crippen LogP contribution < -0.4 is 5.32 Å². The molecule has 2 aliphatic rings. The highest BCUT2D eigenvalue weighted by molar-refractivity contribution is 9.10. The summed E-state index contributed by atoms with van der Waals surface area (Å²) in [7, 11) is 0. The molecule has 1 unspecified atom stereocenters. The van der Waals surface area contributed by atoms with Gasteiger partial charge in [0.25, 0.3) is 0 Å². The van der Waals surface area contributed by atoms with Crippen molar-refractivity contribution in [2.45, 2.75) is 11.2 Å². The third-order valence-electron chi connectivity index (χ3n) is 2.77. The first-order valence-electron chi connectivity index (χ1n) is 4.64. The first-order valence-corrected chi connectivity index (χ1v) is 6.18. The maximum atomic E-state index is 11.9. The molecule has 1 aromatic rings. The number of nitrogens with one attached hydrogen (secondary N) is 1. The number of halogens is 1. The van der Waals surface area contributed by atoms with Gasteiger partial charge in [0.15, 0.2) is 0 Å². The van der Waals surface area contributed by atoms with Crippen molar-refractivity contribution in [1.82, 2.24) is 0 Å². The molecule has 15 heavy (non-hydrogen) atoms. The molecule has 3 rings (SSSR count). The van der Waals surface area contributed by atoms with Crippen LogP contribution in [0.4, 0.5) is 5.69 Å². The maximum absolute atomic E-state index is 11.9. The molecule has 1 amide bonds. The summed E-state index contributed by atoms with van der Waals surface area (Å²) in [6, 6.07) is 5.85. The van der Waals surface area contributed by atoms with E-state index in [9.17, 15) is 4.79 Å². The highest BCUT2D eigenvalue weighted by atomic mass is 79.9. The van der Waals surface area contributed by atoms with E-state index in [0.717, 1.165) is 22.1 Å². The molecule has 0 aromatic heterocycles. The van der Waals surface area contributed by atoms with E-state index in [1.165, 1.54) is 12.0 Å². The molecular weight excluding hydrogens is 278 g/mol. The number of hydrogen-bond donors (Lipinski definition) is 1. The van der Waals surface area contributed by atoms with Crippen LogP contribution in [0.2, 0.25) is 0 Å². The van der Waals surface area contributed by atoms with Crippen molar-refractivity contribution in [2.24, 2.45) is 0 Å². The summed E-state index contributed by atoms with van der Waals surface area (Å²) < 4.78 is 5.77. The summed E-state index contributed by atoms with van der Waals surface area (Å²) in [6.07, 6.45) is 0.743. The minimum atomic E-state index is -0.515. The van der Waals surface area contributed by atoms with Gasteiger partial charge in [0, 0.05) is 34.2 Å². The van der Waals surface area contributed by atoms with Crippen molar-refractivity contribution in [3.63, 3.8) is 0 Å². The van der Waals surface area contributed by atoms with Gasteiger partial charge in [-0.05, 0) is 18.2 Å². The Kier molecular flexibility index (Phi) is 2.09. The van der Waals surface area contributed by atoms with Crippen LogP contribution in [-0.4, -0.2) is 12.5 Å². The van der Waals surface area contributed by atoms with Crippen molar-refractivity contribution in [2.75, 3.05) is 11.9 Å². The first-order chi connectivity index (χ1) is 7.22. The topological polar surface area (TPSA) is 38.3 Å². The number of hydrogen-bond acceptors (Lipinski definition) is 3. The molecule has 1 fully saturated rings. The Labute approximate surface area is 99.9 Å². The van der Waals surface area contributed by atoms with E-state index in [0.29, 0.717) is 6.61 Å². The largest absolute Gasteiger partial charge is 0.324 e. The van der Waals surface area contributed by atoms with Crippen molar-refractivity contribution < 1.29 is 8.98 Å². The van der Waals surface area contributed by atoms with Crippen LogP contribution in [0.5, 0.6) is 0 Å². The fourth-order valence-electron chi connectivity index (χ4n) is 2.01. The Morgan fingerprint density at radius 1 is 1.53 bits per heavy atom. The van der Waals surface area contributed by atoms with Crippen molar-refractivity contribution >= 4 is 39.6 Å². The van der Waals surface area contributed by atoms with Gasteiger partial charge in [-0.3, -0.25) is 4.79 Å². The SMILES string of the molecule is O=C1Nc2ccc(Br)cc2C12CCOS2. The molecule has 2 heterocycles. The lowest BCUT2D eigenvalue weighted by atomic mass is 9.97. The average molecular weight is 286 g/mol. The Balaban J connectivity index is 2.19. The highest BCUT2D eigenvalue weighted by Gasteiger charge is 2.51. The summed E-state index contributed by atoms with van der Waals surface area (Å²) in [6.45, 7) is 0.629. The third kappa shape index (κ3) is 1.26. The van der Waals surface area contributed by atoms with Crippen LogP contribution in [0.3, 0.4) is 0 Å². The van der Waals surface area contributed by atoms with Crippen LogP contribution in [0.1, 0.15) is 12.0 Å². The van der Waals surface area contributed by atoms with Gasteiger partial charge in [-0.15, -0.1) is 0 Å². The summed E-state index contributed by atoms with van der Waals surface area (Å²) in [5.41, 5.74) is 1.94. The third-order valence-corrected chi connectivity index (χ3v) is 4.44. The molecule has 0 radical (unpaired) electrons. The van der Waals surface area contributed by atoms with Gasteiger partial charge in [0.1, 0.15) is 4.75 Å². The number of carbonyl (C=O) groups excluding carboxylic acids is 1. The van der Waals surface area contributed by atoms with Crippen molar-refractivity contribution in [3.05, 3.63) is 28.2 Å². The van der Waals surface area contributed by atoms with Crippen LogP contribution in [0, 0.1) is 0 Å². The normalized spacial score (nSPS) is 28.2. The zero-order chi connectivity index (χ0) is 10.5. The fourth-order valence-corrected chi connectivity index (χ4v) is 3.29. The Hall–Kier alpha value is -0.520. The second kappa shape index (κ2) is 3.23. The van der Waals surface area contributed by atoms with Gasteiger partial charge >= 0.3 is 0 Å². The van der Waals surface area contributed by atoms with E-state index < -0.39 is 4.75 Å². The molecule has 0 aliphatic carbocycles. The maximum Gasteiger partial charge on any atom is 0.247 e. The molecule has 0 bridgehead atoms. The number of amides is 1. The van der Waals surface area contributed by atoms with E-state index in [4.69, 9.17) is 4.18 Å². The minimum Gasteiger partial charge on any atom is -0.324 e. The quantitative estimate of drug-likeness (QED) is 0.745. The molecule has 1 aromatic carbocycles. The van der Waals surface area contributed by atoms with Crippen LogP contribution >= 0.6 is 28.0 Å². The summed E-state index contributed by atoms with van der Waals surface area (Å²) in [4.78, 5) is 11.9. The van der Waals surface area contributed by atoms with Gasteiger partial charge in [-0.1, -0.05) is 15.9 Å². The van der Waals surface area contributed by atoms with Gasteiger partial charge in [0.2, 0.25) is 5.91 Å². The molecule has 3 nitrogen and oxygen atoms in total. The predicted molar refractivity (Wildman–Crippen MR) is 62.6 cm³/mol. The first kappa shape index (κ1) is 9.69. The van der Waals surface area contributed by atoms with E-state index >= 15 is 0 Å². The molecule has 1 spiro atoms. The van der Waals surface area contributed by atoms with Gasteiger partial charge in [0.05, 0.1) is 6.61 Å². The standard InChI is InChI=1S/C10H8BrNO2S/c11-6-1-2-8-7(5-6)10(9(13)12-8)3-4-14-15-10/h1-2,5H,3-4H2,(H,12,13). The lowest BCUT2D eigenvalue weighted by Gasteiger charge is -2.16. The van der Waals surface area contributed by atoms with Crippen molar-refractivity contribution in [1.29, 1.82) is 0 Å². The predicted octanol–water partition coefficient (Wildman–Crippen LogP) is 2.67. The summed E-state index contributed by atoms with van der Waals surface area (Å²) in [5.74, 6) is 0.0399. The van der Waals surface area contributed by atoms with Crippen molar-refractivity contribution in [3.8, 4) is 0 Å².